The summed E-state index contributed by atoms with van der Waals surface area (Å²) in [6, 6.07) is 18.1. The Morgan fingerprint density at radius 2 is 1.92 bits per heavy atom. The van der Waals surface area contributed by atoms with E-state index in [1.165, 1.54) is 0 Å². The number of rotatable bonds is 9. The van der Waals surface area contributed by atoms with Gasteiger partial charge in [-0.2, -0.15) is 0 Å². The molecule has 0 saturated carbocycles. The largest absolute Gasteiger partial charge is 0.494 e. The van der Waals surface area contributed by atoms with Crippen LogP contribution in [0.15, 0.2) is 60.0 Å². The van der Waals surface area contributed by atoms with E-state index < -0.39 is 0 Å². The fourth-order valence-electron chi connectivity index (χ4n) is 4.86. The number of aromatic nitrogens is 2. The van der Waals surface area contributed by atoms with Gasteiger partial charge in [-0.1, -0.05) is 12.1 Å². The maximum Gasteiger partial charge on any atom is 0.239 e. The summed E-state index contributed by atoms with van der Waals surface area (Å²) in [6.45, 7) is 7.16. The summed E-state index contributed by atoms with van der Waals surface area (Å²) < 4.78 is 12.5. The van der Waals surface area contributed by atoms with Gasteiger partial charge in [0.2, 0.25) is 5.91 Å². The fourth-order valence-corrected chi connectivity index (χ4v) is 5.63. The minimum absolute atomic E-state index is 0.0551. The molecule has 6 rings (SSSR count). The van der Waals surface area contributed by atoms with Gasteiger partial charge in [-0.05, 0) is 54.3 Å². The summed E-state index contributed by atoms with van der Waals surface area (Å²) in [4.78, 5) is 26.0. The van der Waals surface area contributed by atoms with Crippen LogP contribution in [0.3, 0.4) is 0 Å². The van der Waals surface area contributed by atoms with E-state index in [-0.39, 0.29) is 5.91 Å². The zero-order valence-electron chi connectivity index (χ0n) is 21.8. The Morgan fingerprint density at radius 1 is 1.05 bits per heavy atom. The maximum atomic E-state index is 11.8. The number of carbonyl (C=O) groups is 1. The van der Waals surface area contributed by atoms with E-state index in [0.29, 0.717) is 25.5 Å². The smallest absolute Gasteiger partial charge is 0.239 e. The molecule has 2 aliphatic heterocycles. The average Bonchev–Trinajstić information content (AvgIpc) is 3.46. The molecule has 0 atom stereocenters. The van der Waals surface area contributed by atoms with Crippen molar-refractivity contribution in [1.82, 2.24) is 20.2 Å². The minimum Gasteiger partial charge on any atom is -0.494 e. The number of benzene rings is 2. The molecular formula is C29H32N6O3S. The molecule has 39 heavy (non-hydrogen) atoms. The lowest BCUT2D eigenvalue weighted by molar-refractivity contribution is -0.120. The van der Waals surface area contributed by atoms with Crippen LogP contribution in [0, 0.1) is 0 Å². The molecule has 2 fully saturated rings. The highest BCUT2D eigenvalue weighted by atomic mass is 32.1. The van der Waals surface area contributed by atoms with Gasteiger partial charge < -0.3 is 25.0 Å². The number of morpholine rings is 1. The minimum atomic E-state index is 0.0551. The number of piperazine rings is 1. The van der Waals surface area contributed by atoms with Crippen molar-refractivity contribution in [2.24, 2.45) is 0 Å². The number of fused-ring (bicyclic) bond motifs is 1. The lowest BCUT2D eigenvalue weighted by Crippen LogP contribution is -2.47. The quantitative estimate of drug-likeness (QED) is 0.304. The molecule has 1 amide bonds. The van der Waals surface area contributed by atoms with Gasteiger partial charge in [-0.3, -0.25) is 9.69 Å². The summed E-state index contributed by atoms with van der Waals surface area (Å²) in [6.07, 6.45) is 0.972. The number of hydrogen-bond donors (Lipinski definition) is 2. The van der Waals surface area contributed by atoms with Gasteiger partial charge in [-0.15, -0.1) is 11.3 Å². The van der Waals surface area contributed by atoms with Crippen LogP contribution in [0.2, 0.25) is 0 Å². The number of nitrogens with zero attached hydrogens (tertiary/aromatic N) is 4. The van der Waals surface area contributed by atoms with Gasteiger partial charge in [0.25, 0.3) is 0 Å². The molecule has 10 heteroatoms. The Morgan fingerprint density at radius 3 is 2.77 bits per heavy atom. The lowest BCUT2D eigenvalue weighted by atomic mass is 10.2. The molecule has 2 aromatic carbocycles. The molecule has 202 valence electrons. The Labute approximate surface area is 231 Å². The number of carbonyl (C=O) groups excluding carboxylic acids is 1. The van der Waals surface area contributed by atoms with Crippen molar-refractivity contribution in [3.05, 3.63) is 60.0 Å². The average molecular weight is 545 g/mol. The van der Waals surface area contributed by atoms with Gasteiger partial charge in [0.05, 0.1) is 36.6 Å². The molecular weight excluding hydrogens is 512 g/mol. The van der Waals surface area contributed by atoms with Crippen LogP contribution in [0.4, 0.5) is 17.2 Å². The summed E-state index contributed by atoms with van der Waals surface area (Å²) in [7, 11) is 0. The molecule has 2 saturated heterocycles. The van der Waals surface area contributed by atoms with E-state index in [9.17, 15) is 4.79 Å². The first-order chi connectivity index (χ1) is 19.2. The van der Waals surface area contributed by atoms with E-state index in [0.717, 1.165) is 84.5 Å². The topological polar surface area (TPSA) is 91.9 Å². The van der Waals surface area contributed by atoms with E-state index in [1.807, 2.05) is 60.0 Å². The summed E-state index contributed by atoms with van der Waals surface area (Å²) >= 11 is 1.61. The third kappa shape index (κ3) is 6.30. The van der Waals surface area contributed by atoms with Gasteiger partial charge in [-0.25, -0.2) is 9.97 Å². The zero-order chi connectivity index (χ0) is 26.4. The maximum absolute atomic E-state index is 11.8. The molecule has 4 aromatic rings. The van der Waals surface area contributed by atoms with Crippen molar-refractivity contribution >= 4 is 44.7 Å². The second-order valence-corrected chi connectivity index (χ2v) is 10.6. The van der Waals surface area contributed by atoms with Crippen molar-refractivity contribution in [3.63, 3.8) is 0 Å². The number of amides is 1. The molecule has 0 spiro atoms. The van der Waals surface area contributed by atoms with E-state index >= 15 is 0 Å². The predicted molar refractivity (Wildman–Crippen MR) is 155 cm³/mol. The molecule has 2 aromatic heterocycles. The molecule has 0 aliphatic carbocycles. The van der Waals surface area contributed by atoms with Crippen LogP contribution in [0.1, 0.15) is 6.42 Å². The van der Waals surface area contributed by atoms with Crippen molar-refractivity contribution in [2.75, 3.05) is 69.3 Å². The van der Waals surface area contributed by atoms with Crippen LogP contribution < -0.4 is 20.3 Å². The van der Waals surface area contributed by atoms with Crippen molar-refractivity contribution < 1.29 is 14.3 Å². The van der Waals surface area contributed by atoms with E-state index in [2.05, 4.69) is 20.4 Å². The Kier molecular flexibility index (Phi) is 7.85. The molecule has 4 heterocycles. The lowest BCUT2D eigenvalue weighted by Gasteiger charge is -2.28. The molecule has 0 radical (unpaired) electrons. The van der Waals surface area contributed by atoms with Crippen LogP contribution in [-0.4, -0.2) is 79.9 Å². The number of thiophene rings is 1. The van der Waals surface area contributed by atoms with Crippen LogP contribution >= 0.6 is 11.3 Å². The molecule has 0 unspecified atom stereocenters. The first kappa shape index (κ1) is 25.5. The van der Waals surface area contributed by atoms with Crippen LogP contribution in [0.5, 0.6) is 5.75 Å². The number of ether oxygens (including phenoxy) is 2. The van der Waals surface area contributed by atoms with Gasteiger partial charge in [0.15, 0.2) is 11.6 Å². The van der Waals surface area contributed by atoms with Gasteiger partial charge >= 0.3 is 0 Å². The highest BCUT2D eigenvalue weighted by Gasteiger charge is 2.17. The second kappa shape index (κ2) is 12.0. The third-order valence-corrected chi connectivity index (χ3v) is 7.83. The second-order valence-electron chi connectivity index (χ2n) is 9.66. The van der Waals surface area contributed by atoms with Crippen molar-refractivity contribution in [2.45, 2.75) is 6.42 Å². The SMILES string of the molecule is O=C1CN(c2ccc(Nc3nc(-c4cccc(OCCCN5CCOCC5)c4)nc4ccsc34)cc2)CCN1. The van der Waals surface area contributed by atoms with E-state index in [1.54, 1.807) is 11.3 Å². The molecule has 9 nitrogen and oxygen atoms in total. The van der Waals surface area contributed by atoms with E-state index in [4.69, 9.17) is 19.4 Å². The van der Waals surface area contributed by atoms with Gasteiger partial charge in [0, 0.05) is 49.7 Å². The predicted octanol–water partition coefficient (Wildman–Crippen LogP) is 4.14. The summed E-state index contributed by atoms with van der Waals surface area (Å²) in [5.74, 6) is 2.30. The fraction of sp³-hybridized carbons (Fsp3) is 0.345. The normalized spacial score (nSPS) is 16.3. The number of anilines is 3. The standard InChI is InChI=1S/C29H32N6O3S/c36-26-20-35(12-10-30-26)23-7-5-22(6-8-23)31-29-27-25(9-18-39-27)32-28(33-29)21-3-1-4-24(19-21)38-15-2-11-34-13-16-37-17-14-34/h1,3-9,18-19H,2,10-17,20H2,(H,30,36)(H,31,32,33). The monoisotopic (exact) mass is 544 g/mol. The highest BCUT2D eigenvalue weighted by molar-refractivity contribution is 7.17. The molecule has 0 bridgehead atoms. The van der Waals surface area contributed by atoms with Crippen LogP contribution in [-0.2, 0) is 9.53 Å². The Hall–Kier alpha value is -3.73. The van der Waals surface area contributed by atoms with Crippen molar-refractivity contribution in [1.29, 1.82) is 0 Å². The van der Waals surface area contributed by atoms with Crippen LogP contribution in [0.25, 0.3) is 21.6 Å². The Balaban J connectivity index is 1.15. The number of nitrogens with one attached hydrogen (secondary N) is 2. The Bertz CT molecular complexity index is 1420. The first-order valence-electron chi connectivity index (χ1n) is 13.4. The van der Waals surface area contributed by atoms with Gasteiger partial charge in [0.1, 0.15) is 5.75 Å². The summed E-state index contributed by atoms with van der Waals surface area (Å²) in [5, 5.41) is 8.39. The summed E-state index contributed by atoms with van der Waals surface area (Å²) in [5.41, 5.74) is 3.77. The molecule has 2 aliphatic rings. The highest BCUT2D eigenvalue weighted by Crippen LogP contribution is 2.32. The zero-order valence-corrected chi connectivity index (χ0v) is 22.6. The molecule has 2 N–H and O–H groups in total. The first-order valence-corrected chi connectivity index (χ1v) is 14.3. The number of hydrogen-bond acceptors (Lipinski definition) is 9. The van der Waals surface area contributed by atoms with Crippen molar-refractivity contribution in [3.8, 4) is 17.1 Å². The third-order valence-electron chi connectivity index (χ3n) is 6.92.